The summed E-state index contributed by atoms with van der Waals surface area (Å²) in [5.74, 6) is 0. The van der Waals surface area contributed by atoms with E-state index in [1.54, 1.807) is 0 Å². The molecule has 0 unspecified atom stereocenters. The summed E-state index contributed by atoms with van der Waals surface area (Å²) in [5, 5.41) is 17.6. The molecule has 0 aromatic heterocycles. The summed E-state index contributed by atoms with van der Waals surface area (Å²) in [4.78, 5) is 0. The number of rotatable bonds is 11. The lowest BCUT2D eigenvalue weighted by Crippen LogP contribution is -2.48. The zero-order valence-electron chi connectivity index (χ0n) is 12.2. The van der Waals surface area contributed by atoms with Gasteiger partial charge < -0.3 is 45.6 Å². The molecule has 12 heteroatoms. The van der Waals surface area contributed by atoms with Crippen molar-refractivity contribution in [1.82, 2.24) is 0 Å². The second kappa shape index (κ2) is 9.36. The van der Waals surface area contributed by atoms with Crippen molar-refractivity contribution >= 4 is 18.1 Å². The van der Waals surface area contributed by atoms with Crippen molar-refractivity contribution in [1.29, 1.82) is 0 Å². The highest BCUT2D eigenvalue weighted by Gasteiger charge is 2.51. The van der Waals surface area contributed by atoms with Crippen molar-refractivity contribution in [3.8, 4) is 0 Å². The van der Waals surface area contributed by atoms with Crippen LogP contribution in [0.2, 0.25) is 0 Å². The number of hydrogen-bond donors (Lipinski definition) is 2. The van der Waals surface area contributed by atoms with Crippen LogP contribution in [0.15, 0.2) is 0 Å². The molecule has 2 fully saturated rings. The second-order valence-electron chi connectivity index (χ2n) is 4.23. The van der Waals surface area contributed by atoms with Gasteiger partial charge in [-0.15, -0.1) is 0 Å². The van der Waals surface area contributed by atoms with Crippen LogP contribution in [0.5, 0.6) is 0 Å². The summed E-state index contributed by atoms with van der Waals surface area (Å²) in [6.45, 7) is 1.72. The first-order chi connectivity index (χ1) is 10.7. The van der Waals surface area contributed by atoms with Crippen LogP contribution >= 0.6 is 0 Å². The van der Waals surface area contributed by atoms with E-state index < -0.39 is 18.1 Å². The lowest BCUT2D eigenvalue weighted by atomic mass is 10.8. The molecule has 0 spiro atoms. The standard InChI is InChI=1S/C10H22O10Si2/c11-1-3-13-21(15-5-6-16-21)19-9-10-20-22(14-4-2-12)17-7-8-18-22/h11-12H,1-10H2. The highest BCUT2D eigenvalue weighted by Crippen LogP contribution is 2.19. The largest absolute Gasteiger partial charge is 0.680 e. The summed E-state index contributed by atoms with van der Waals surface area (Å²) in [6, 6.07) is 0. The van der Waals surface area contributed by atoms with Gasteiger partial charge in [-0.2, -0.15) is 0 Å². The molecular formula is C10H22O10Si2. The normalized spacial score (nSPS) is 23.2. The average molecular weight is 358 g/mol. The van der Waals surface area contributed by atoms with Gasteiger partial charge >= 0.3 is 18.1 Å². The highest BCUT2D eigenvalue weighted by molar-refractivity contribution is 6.54. The Hall–Kier alpha value is 0.0338. The molecule has 130 valence electrons. The average Bonchev–Trinajstić information content (AvgIpc) is 3.19. The van der Waals surface area contributed by atoms with Gasteiger partial charge in [-0.25, -0.2) is 0 Å². The Morgan fingerprint density at radius 3 is 1.23 bits per heavy atom. The van der Waals surface area contributed by atoms with Crippen LogP contribution in [0.3, 0.4) is 0 Å². The molecule has 0 bridgehead atoms. The van der Waals surface area contributed by atoms with Crippen LogP contribution in [-0.4, -0.2) is 94.4 Å². The van der Waals surface area contributed by atoms with Gasteiger partial charge in [-0.1, -0.05) is 0 Å². The second-order valence-corrected chi connectivity index (χ2v) is 8.54. The lowest BCUT2D eigenvalue weighted by molar-refractivity contribution is -0.0211. The molecule has 0 aromatic carbocycles. The van der Waals surface area contributed by atoms with Crippen LogP contribution in [0.25, 0.3) is 0 Å². The first kappa shape index (κ1) is 18.4. The maximum Gasteiger partial charge on any atom is 0.680 e. The van der Waals surface area contributed by atoms with Gasteiger partial charge in [0.25, 0.3) is 0 Å². The van der Waals surface area contributed by atoms with Gasteiger partial charge in [-0.3, -0.25) is 0 Å². The minimum atomic E-state index is -3.17. The Labute approximate surface area is 130 Å². The fraction of sp³-hybridized carbons (Fsp3) is 1.00. The quantitative estimate of drug-likeness (QED) is 0.317. The van der Waals surface area contributed by atoms with Gasteiger partial charge in [0, 0.05) is 0 Å². The molecule has 2 aliphatic rings. The third kappa shape index (κ3) is 5.29. The molecule has 2 saturated heterocycles. The monoisotopic (exact) mass is 358 g/mol. The molecule has 0 atom stereocenters. The zero-order chi connectivity index (χ0) is 15.7. The summed E-state index contributed by atoms with van der Waals surface area (Å²) in [5.41, 5.74) is 0. The van der Waals surface area contributed by atoms with Crippen molar-refractivity contribution < 1.29 is 45.6 Å². The number of aliphatic hydroxyl groups is 2. The van der Waals surface area contributed by atoms with E-state index in [9.17, 15) is 0 Å². The van der Waals surface area contributed by atoms with E-state index in [0.717, 1.165) is 0 Å². The molecule has 0 aliphatic carbocycles. The highest BCUT2D eigenvalue weighted by atomic mass is 28.4. The Morgan fingerprint density at radius 2 is 0.909 bits per heavy atom. The first-order valence-electron chi connectivity index (χ1n) is 7.07. The maximum absolute atomic E-state index is 8.81. The number of hydrogen-bond acceptors (Lipinski definition) is 10. The van der Waals surface area contributed by atoms with Crippen LogP contribution in [0.4, 0.5) is 0 Å². The Morgan fingerprint density at radius 1 is 0.591 bits per heavy atom. The third-order valence-electron chi connectivity index (χ3n) is 2.66. The lowest BCUT2D eigenvalue weighted by Gasteiger charge is -2.24. The molecular weight excluding hydrogens is 336 g/mol. The van der Waals surface area contributed by atoms with E-state index in [2.05, 4.69) is 0 Å². The third-order valence-corrected chi connectivity index (χ3v) is 7.12. The van der Waals surface area contributed by atoms with Crippen molar-refractivity contribution in [3.05, 3.63) is 0 Å². The fourth-order valence-corrected chi connectivity index (χ4v) is 5.52. The smallest absolute Gasteiger partial charge is 0.394 e. The van der Waals surface area contributed by atoms with E-state index in [-0.39, 0.29) is 39.6 Å². The van der Waals surface area contributed by atoms with Crippen LogP contribution < -0.4 is 0 Å². The molecule has 0 aromatic rings. The van der Waals surface area contributed by atoms with Gasteiger partial charge in [0.2, 0.25) is 0 Å². The predicted octanol–water partition coefficient (Wildman–Crippen LogP) is -2.00. The SMILES string of the molecule is OCCO[Si]1(OCCO[Si]2(OCCO)OCCO2)OCCO1. The van der Waals surface area contributed by atoms with Crippen LogP contribution in [-0.2, 0) is 35.4 Å². The van der Waals surface area contributed by atoms with Crippen molar-refractivity contribution in [2.45, 2.75) is 0 Å². The van der Waals surface area contributed by atoms with Crippen molar-refractivity contribution in [3.63, 3.8) is 0 Å². The summed E-state index contributed by atoms with van der Waals surface area (Å²) in [6.07, 6.45) is 0. The van der Waals surface area contributed by atoms with Gasteiger partial charge in [0.1, 0.15) is 0 Å². The summed E-state index contributed by atoms with van der Waals surface area (Å²) < 4.78 is 43.4. The van der Waals surface area contributed by atoms with E-state index in [0.29, 0.717) is 26.4 Å². The minimum absolute atomic E-state index is 0.0810. The van der Waals surface area contributed by atoms with E-state index >= 15 is 0 Å². The Bertz CT molecular complexity index is 278. The topological polar surface area (TPSA) is 114 Å². The molecule has 10 nitrogen and oxygen atoms in total. The first-order valence-corrected chi connectivity index (χ1v) is 10.3. The molecule has 0 amide bonds. The van der Waals surface area contributed by atoms with Crippen LogP contribution in [0, 0.1) is 0 Å². The summed E-state index contributed by atoms with van der Waals surface area (Å²) >= 11 is 0. The molecule has 0 radical (unpaired) electrons. The number of aliphatic hydroxyl groups excluding tert-OH is 2. The maximum atomic E-state index is 8.81. The van der Waals surface area contributed by atoms with E-state index in [4.69, 9.17) is 45.6 Å². The van der Waals surface area contributed by atoms with Gasteiger partial charge in [0.05, 0.1) is 66.1 Å². The van der Waals surface area contributed by atoms with Crippen molar-refractivity contribution in [2.24, 2.45) is 0 Å². The molecule has 2 aliphatic heterocycles. The van der Waals surface area contributed by atoms with Crippen molar-refractivity contribution in [2.75, 3.05) is 66.1 Å². The zero-order valence-corrected chi connectivity index (χ0v) is 14.2. The predicted molar refractivity (Wildman–Crippen MR) is 73.3 cm³/mol. The van der Waals surface area contributed by atoms with E-state index in [1.165, 1.54) is 0 Å². The fourth-order valence-electron chi connectivity index (χ4n) is 1.84. The Kier molecular flexibility index (Phi) is 7.82. The Balaban J connectivity index is 1.72. The van der Waals surface area contributed by atoms with Gasteiger partial charge in [0.15, 0.2) is 0 Å². The molecule has 2 N–H and O–H groups in total. The molecule has 0 saturated carbocycles. The minimum Gasteiger partial charge on any atom is -0.394 e. The van der Waals surface area contributed by atoms with Gasteiger partial charge in [-0.05, 0) is 0 Å². The summed E-state index contributed by atoms with van der Waals surface area (Å²) in [7, 11) is -6.33. The molecule has 2 heterocycles. The molecule has 22 heavy (non-hydrogen) atoms. The van der Waals surface area contributed by atoms with Crippen LogP contribution in [0.1, 0.15) is 0 Å². The van der Waals surface area contributed by atoms with E-state index in [1.807, 2.05) is 0 Å². The molecule has 2 rings (SSSR count).